The monoisotopic (exact) mass is 326 g/mol. The highest BCUT2D eigenvalue weighted by atomic mass is 31.2. The van der Waals surface area contributed by atoms with E-state index in [1.165, 1.54) is 0 Å². The lowest BCUT2D eigenvalue weighted by Gasteiger charge is -2.35. The molecule has 0 radical (unpaired) electrons. The average Bonchev–Trinajstić information content (AvgIpc) is 2.49. The average molecular weight is 326 g/mol. The molecule has 1 atom stereocenters. The molecule has 0 spiro atoms. The van der Waals surface area contributed by atoms with Crippen molar-refractivity contribution in [2.45, 2.75) is 33.2 Å². The van der Waals surface area contributed by atoms with Gasteiger partial charge >= 0.3 is 0 Å². The second-order valence-corrected chi connectivity index (χ2v) is 7.63. The molecule has 0 aliphatic heterocycles. The molecule has 5 heteroatoms. The Labute approximate surface area is 133 Å². The highest BCUT2D eigenvalue weighted by Gasteiger charge is 2.46. The fourth-order valence-corrected chi connectivity index (χ4v) is 4.33. The van der Waals surface area contributed by atoms with Gasteiger partial charge < -0.3 is 14.0 Å². The normalized spacial score (nSPS) is 15.1. The first-order chi connectivity index (χ1) is 10.5. The molecule has 0 amide bonds. The van der Waals surface area contributed by atoms with Gasteiger partial charge in [-0.1, -0.05) is 42.5 Å². The van der Waals surface area contributed by atoms with Gasteiger partial charge in [-0.05, 0) is 33.3 Å². The first-order valence-corrected chi connectivity index (χ1v) is 9.55. The molecule has 1 unspecified atom stereocenters. The summed E-state index contributed by atoms with van der Waals surface area (Å²) in [5.41, 5.74) is -0.159. The fourth-order valence-electron chi connectivity index (χ4n) is 2.21. The summed E-state index contributed by atoms with van der Waals surface area (Å²) >= 11 is 0. The van der Waals surface area contributed by atoms with Crippen LogP contribution in [0.4, 0.5) is 0 Å². The van der Waals surface area contributed by atoms with Crippen LogP contribution in [-0.4, -0.2) is 31.5 Å². The topological polar surface area (TPSA) is 44.8 Å². The molecule has 0 bridgehead atoms. The third-order valence-corrected chi connectivity index (χ3v) is 6.10. The van der Waals surface area contributed by atoms with E-state index in [4.69, 9.17) is 14.0 Å². The van der Waals surface area contributed by atoms with Crippen molar-refractivity contribution in [1.29, 1.82) is 0 Å². The summed E-state index contributed by atoms with van der Waals surface area (Å²) < 4.78 is 30.2. The maximum atomic E-state index is 13.3. The van der Waals surface area contributed by atoms with Crippen molar-refractivity contribution in [1.82, 2.24) is 0 Å². The quantitative estimate of drug-likeness (QED) is 0.459. The molecule has 1 aromatic carbocycles. The van der Waals surface area contributed by atoms with Crippen LogP contribution < -0.4 is 0 Å². The standard InChI is InChI=1S/C17H27O4P/c1-5-19-17(4,20-6-2)22(18,21-7-3)15-11-14-16-12-9-8-10-13-16/h8-14H,5-7,15H2,1-4H3/b14-11+. The van der Waals surface area contributed by atoms with E-state index in [1.54, 1.807) is 6.92 Å². The molecule has 0 aromatic heterocycles. The van der Waals surface area contributed by atoms with Crippen LogP contribution in [-0.2, 0) is 18.6 Å². The molecule has 0 N–H and O–H groups in total. The summed E-state index contributed by atoms with van der Waals surface area (Å²) in [7, 11) is -3.14. The molecule has 1 aromatic rings. The molecule has 0 saturated heterocycles. The number of benzene rings is 1. The van der Waals surface area contributed by atoms with Crippen molar-refractivity contribution < 1.29 is 18.6 Å². The number of hydrogen-bond donors (Lipinski definition) is 0. The van der Waals surface area contributed by atoms with Crippen LogP contribution in [0.5, 0.6) is 0 Å². The Kier molecular flexibility index (Phi) is 8.05. The summed E-state index contributed by atoms with van der Waals surface area (Å²) in [6.07, 6.45) is 4.07. The molecule has 0 saturated carbocycles. The smallest absolute Gasteiger partial charge is 0.264 e. The van der Waals surface area contributed by atoms with Crippen molar-refractivity contribution in [2.24, 2.45) is 0 Å². The Bertz CT molecular complexity index is 493. The number of rotatable bonds is 10. The van der Waals surface area contributed by atoms with Crippen molar-refractivity contribution in [3.05, 3.63) is 42.0 Å². The van der Waals surface area contributed by atoms with E-state index in [2.05, 4.69) is 0 Å². The van der Waals surface area contributed by atoms with Crippen molar-refractivity contribution >= 4 is 13.4 Å². The fraction of sp³-hybridized carbons (Fsp3) is 0.529. The van der Waals surface area contributed by atoms with Gasteiger partial charge in [0.2, 0.25) is 5.53 Å². The summed E-state index contributed by atoms with van der Waals surface area (Å²) in [5.74, 6) is 0. The third-order valence-electron chi connectivity index (χ3n) is 3.24. The zero-order valence-corrected chi connectivity index (χ0v) is 14.8. The van der Waals surface area contributed by atoms with Gasteiger partial charge in [-0.3, -0.25) is 4.57 Å². The minimum absolute atomic E-state index is 0.270. The first-order valence-electron chi connectivity index (χ1n) is 7.74. The maximum absolute atomic E-state index is 13.3. The number of ether oxygens (including phenoxy) is 2. The Morgan fingerprint density at radius 1 is 1.05 bits per heavy atom. The lowest BCUT2D eigenvalue weighted by Crippen LogP contribution is -2.34. The van der Waals surface area contributed by atoms with Crippen molar-refractivity contribution in [2.75, 3.05) is 26.0 Å². The minimum Gasteiger partial charge on any atom is -0.342 e. The molecule has 22 heavy (non-hydrogen) atoms. The second-order valence-electron chi connectivity index (χ2n) is 4.85. The second kappa shape index (κ2) is 9.26. The molecule has 124 valence electrons. The van der Waals surface area contributed by atoms with Crippen LogP contribution in [0.1, 0.15) is 33.3 Å². The van der Waals surface area contributed by atoms with Gasteiger partial charge in [0.1, 0.15) is 0 Å². The van der Waals surface area contributed by atoms with Gasteiger partial charge in [-0.15, -0.1) is 0 Å². The van der Waals surface area contributed by atoms with Crippen LogP contribution >= 0.6 is 7.37 Å². The summed E-state index contributed by atoms with van der Waals surface area (Å²) in [4.78, 5) is 0. The van der Waals surface area contributed by atoms with Crippen molar-refractivity contribution in [3.63, 3.8) is 0 Å². The first kappa shape index (κ1) is 19.1. The predicted molar refractivity (Wildman–Crippen MR) is 91.2 cm³/mol. The molecular formula is C17H27O4P. The van der Waals surface area contributed by atoms with E-state index in [-0.39, 0.29) is 6.16 Å². The molecule has 0 aliphatic carbocycles. The van der Waals surface area contributed by atoms with E-state index in [1.807, 2.05) is 63.3 Å². The highest BCUT2D eigenvalue weighted by Crippen LogP contribution is 2.60. The summed E-state index contributed by atoms with van der Waals surface area (Å²) in [6.45, 7) is 8.41. The summed E-state index contributed by atoms with van der Waals surface area (Å²) in [6, 6.07) is 9.88. The van der Waals surface area contributed by atoms with E-state index in [9.17, 15) is 4.57 Å². The lowest BCUT2D eigenvalue weighted by atomic mass is 10.2. The van der Waals surface area contributed by atoms with E-state index < -0.39 is 12.9 Å². The van der Waals surface area contributed by atoms with Crippen LogP contribution in [0, 0.1) is 0 Å². The zero-order chi connectivity index (χ0) is 16.5. The van der Waals surface area contributed by atoms with Gasteiger partial charge in [-0.2, -0.15) is 0 Å². The molecule has 4 nitrogen and oxygen atoms in total. The van der Waals surface area contributed by atoms with Crippen LogP contribution in [0.25, 0.3) is 6.08 Å². The van der Waals surface area contributed by atoms with Gasteiger partial charge in [-0.25, -0.2) is 0 Å². The largest absolute Gasteiger partial charge is 0.342 e. The summed E-state index contributed by atoms with van der Waals surface area (Å²) in [5, 5.41) is 0. The SMILES string of the molecule is CCOC(C)(OCC)P(=O)(C/C=C/c1ccccc1)OCC. The predicted octanol–water partition coefficient (Wildman–Crippen LogP) is 4.76. The molecular weight excluding hydrogens is 299 g/mol. The Morgan fingerprint density at radius 3 is 2.14 bits per heavy atom. The zero-order valence-electron chi connectivity index (χ0n) is 14.0. The molecule has 0 aliphatic rings. The number of allylic oxidation sites excluding steroid dienone is 1. The molecule has 0 fully saturated rings. The Balaban J connectivity index is 2.93. The van der Waals surface area contributed by atoms with E-state index in [0.717, 1.165) is 5.56 Å². The highest BCUT2D eigenvalue weighted by molar-refractivity contribution is 7.60. The molecule has 0 heterocycles. The maximum Gasteiger partial charge on any atom is 0.264 e. The lowest BCUT2D eigenvalue weighted by molar-refractivity contribution is -0.167. The van der Waals surface area contributed by atoms with Gasteiger partial charge in [0.15, 0.2) is 0 Å². The van der Waals surface area contributed by atoms with Gasteiger partial charge in [0.05, 0.1) is 6.61 Å². The van der Waals surface area contributed by atoms with E-state index >= 15 is 0 Å². The Morgan fingerprint density at radius 2 is 1.64 bits per heavy atom. The van der Waals surface area contributed by atoms with E-state index in [0.29, 0.717) is 19.8 Å². The Hall–Kier alpha value is -0.930. The van der Waals surface area contributed by atoms with Gasteiger partial charge in [0, 0.05) is 19.4 Å². The minimum atomic E-state index is -3.14. The van der Waals surface area contributed by atoms with Crippen LogP contribution in [0.15, 0.2) is 36.4 Å². The van der Waals surface area contributed by atoms with Crippen LogP contribution in [0.3, 0.4) is 0 Å². The van der Waals surface area contributed by atoms with Crippen molar-refractivity contribution in [3.8, 4) is 0 Å². The molecule has 1 rings (SSSR count). The van der Waals surface area contributed by atoms with Crippen LogP contribution in [0.2, 0.25) is 0 Å². The third kappa shape index (κ3) is 5.06. The number of hydrogen-bond acceptors (Lipinski definition) is 4. The van der Waals surface area contributed by atoms with Gasteiger partial charge in [0.25, 0.3) is 7.37 Å².